The number of nitrogens with one attached hydrogen (secondary N) is 1. The highest BCUT2D eigenvalue weighted by atomic mass is 32.2. The minimum atomic E-state index is -0.314. The number of para-hydroxylation sites is 1. The summed E-state index contributed by atoms with van der Waals surface area (Å²) in [6.07, 6.45) is 0.293. The second-order valence-corrected chi connectivity index (χ2v) is 7.46. The van der Waals surface area contributed by atoms with Crippen LogP contribution in [0.5, 0.6) is 0 Å². The largest absolute Gasteiger partial charge is 0.360 e. The number of aromatic nitrogens is 2. The smallest absolute Gasteiger partial charge is 0.240 e. The number of hydrogen-bond donors (Lipinski definition) is 1. The lowest BCUT2D eigenvalue weighted by Gasteiger charge is -2.24. The summed E-state index contributed by atoms with van der Waals surface area (Å²) in [5.74, 6) is -0.0401. The fourth-order valence-corrected chi connectivity index (χ4v) is 4.06. The molecular formula is C16H19N5OS2. The maximum absolute atomic E-state index is 12.8. The molecule has 1 unspecified atom stereocenters. The molecule has 1 aromatic carbocycles. The molecule has 0 saturated carbocycles. The molecule has 24 heavy (non-hydrogen) atoms. The molecular weight excluding hydrogens is 342 g/mol. The van der Waals surface area contributed by atoms with E-state index in [1.54, 1.807) is 4.90 Å². The highest BCUT2D eigenvalue weighted by molar-refractivity contribution is 8.02. The maximum Gasteiger partial charge on any atom is 0.240 e. The van der Waals surface area contributed by atoms with Crippen LogP contribution in [0.25, 0.3) is 0 Å². The van der Waals surface area contributed by atoms with Gasteiger partial charge in [-0.15, -0.1) is 10.2 Å². The zero-order valence-corrected chi connectivity index (χ0v) is 15.2. The molecule has 0 aliphatic carbocycles. The van der Waals surface area contributed by atoms with Gasteiger partial charge < -0.3 is 10.2 Å². The molecule has 1 heterocycles. The maximum atomic E-state index is 12.8. The lowest BCUT2D eigenvalue weighted by atomic mass is 10.2. The Morgan fingerprint density at radius 3 is 2.83 bits per heavy atom. The summed E-state index contributed by atoms with van der Waals surface area (Å²) in [4.78, 5) is 14.5. The Morgan fingerprint density at radius 2 is 2.17 bits per heavy atom. The average molecular weight is 361 g/mol. The van der Waals surface area contributed by atoms with Crippen molar-refractivity contribution in [2.75, 3.05) is 23.3 Å². The van der Waals surface area contributed by atoms with Crippen molar-refractivity contribution >= 4 is 39.8 Å². The van der Waals surface area contributed by atoms with Gasteiger partial charge in [-0.05, 0) is 26.0 Å². The fourth-order valence-electron chi connectivity index (χ4n) is 2.04. The molecule has 6 nitrogen and oxygen atoms in total. The number of nitriles is 1. The van der Waals surface area contributed by atoms with Crippen molar-refractivity contribution in [2.24, 2.45) is 0 Å². The number of rotatable bonds is 8. The SMILES string of the molecule is CCNc1nnc(SC(C)C(=O)N(CCC#N)c2ccccc2)s1. The third kappa shape index (κ3) is 4.94. The van der Waals surface area contributed by atoms with Crippen LogP contribution in [0.1, 0.15) is 20.3 Å². The van der Waals surface area contributed by atoms with Crippen molar-refractivity contribution < 1.29 is 4.79 Å². The Labute approximate surface area is 149 Å². The lowest BCUT2D eigenvalue weighted by molar-refractivity contribution is -0.117. The van der Waals surface area contributed by atoms with Gasteiger partial charge in [0.2, 0.25) is 11.0 Å². The molecule has 0 aliphatic rings. The van der Waals surface area contributed by atoms with Gasteiger partial charge in [0.15, 0.2) is 4.34 Å². The van der Waals surface area contributed by atoms with Gasteiger partial charge in [0.25, 0.3) is 0 Å². The minimum absolute atomic E-state index is 0.0401. The summed E-state index contributed by atoms with van der Waals surface area (Å²) in [7, 11) is 0. The van der Waals surface area contributed by atoms with E-state index < -0.39 is 0 Å². The quantitative estimate of drug-likeness (QED) is 0.726. The third-order valence-electron chi connectivity index (χ3n) is 3.14. The van der Waals surface area contributed by atoms with Crippen molar-refractivity contribution in [3.05, 3.63) is 30.3 Å². The number of carbonyl (C=O) groups excluding carboxylic acids is 1. The highest BCUT2D eigenvalue weighted by Crippen LogP contribution is 2.30. The van der Waals surface area contributed by atoms with Crippen LogP contribution in [-0.4, -0.2) is 34.4 Å². The van der Waals surface area contributed by atoms with E-state index in [0.717, 1.165) is 21.7 Å². The minimum Gasteiger partial charge on any atom is -0.360 e. The predicted octanol–water partition coefficient (Wildman–Crippen LogP) is 3.40. The van der Waals surface area contributed by atoms with Gasteiger partial charge in [-0.2, -0.15) is 5.26 Å². The molecule has 0 radical (unpaired) electrons. The van der Waals surface area contributed by atoms with Crippen LogP contribution >= 0.6 is 23.1 Å². The summed E-state index contributed by atoms with van der Waals surface area (Å²) >= 11 is 2.82. The zero-order valence-electron chi connectivity index (χ0n) is 13.6. The first-order chi connectivity index (χ1) is 11.7. The van der Waals surface area contributed by atoms with E-state index in [-0.39, 0.29) is 11.2 Å². The summed E-state index contributed by atoms with van der Waals surface area (Å²) in [6.45, 7) is 5.00. The zero-order chi connectivity index (χ0) is 17.4. The summed E-state index contributed by atoms with van der Waals surface area (Å²) in [6, 6.07) is 11.5. The third-order valence-corrected chi connectivity index (χ3v) is 5.19. The molecule has 0 fully saturated rings. The molecule has 1 amide bonds. The number of amides is 1. The Balaban J connectivity index is 2.08. The average Bonchev–Trinajstić information content (AvgIpc) is 3.03. The predicted molar refractivity (Wildman–Crippen MR) is 98.4 cm³/mol. The van der Waals surface area contributed by atoms with E-state index in [1.165, 1.54) is 23.1 Å². The highest BCUT2D eigenvalue weighted by Gasteiger charge is 2.24. The van der Waals surface area contributed by atoms with Crippen molar-refractivity contribution in [2.45, 2.75) is 29.9 Å². The van der Waals surface area contributed by atoms with Crippen LogP contribution in [0.15, 0.2) is 34.7 Å². The first-order valence-corrected chi connectivity index (χ1v) is 9.32. The molecule has 1 atom stereocenters. The van der Waals surface area contributed by atoms with E-state index in [1.807, 2.05) is 44.2 Å². The first-order valence-electron chi connectivity index (χ1n) is 7.63. The van der Waals surface area contributed by atoms with Crippen molar-refractivity contribution in [1.29, 1.82) is 5.26 Å². The van der Waals surface area contributed by atoms with Gasteiger partial charge in [0, 0.05) is 18.8 Å². The van der Waals surface area contributed by atoms with Gasteiger partial charge in [0.1, 0.15) is 0 Å². The van der Waals surface area contributed by atoms with Crippen LogP contribution in [0.4, 0.5) is 10.8 Å². The molecule has 1 aromatic heterocycles. The van der Waals surface area contributed by atoms with Crippen molar-refractivity contribution in [3.8, 4) is 6.07 Å². The molecule has 2 aromatic rings. The Bertz CT molecular complexity index is 698. The number of benzene rings is 1. The van der Waals surface area contributed by atoms with Gasteiger partial charge in [-0.25, -0.2) is 0 Å². The van der Waals surface area contributed by atoms with Gasteiger partial charge in [-0.1, -0.05) is 41.3 Å². The second-order valence-electron chi connectivity index (χ2n) is 4.90. The molecule has 0 spiro atoms. The standard InChI is InChI=1S/C16H19N5OS2/c1-3-18-15-19-20-16(24-15)23-12(2)14(22)21(11-7-10-17)13-8-5-4-6-9-13/h4-6,8-9,12H,3,7,11H2,1-2H3,(H,18,19). The number of anilines is 2. The Morgan fingerprint density at radius 1 is 1.42 bits per heavy atom. The topological polar surface area (TPSA) is 81.9 Å². The normalized spacial score (nSPS) is 11.5. The van der Waals surface area contributed by atoms with Gasteiger partial charge >= 0.3 is 0 Å². The van der Waals surface area contributed by atoms with Crippen LogP contribution in [-0.2, 0) is 4.79 Å². The molecule has 1 N–H and O–H groups in total. The molecule has 0 saturated heterocycles. The fraction of sp³-hybridized carbons (Fsp3) is 0.375. The van der Waals surface area contributed by atoms with Crippen LogP contribution in [0.2, 0.25) is 0 Å². The lowest BCUT2D eigenvalue weighted by Crippen LogP contribution is -2.37. The summed E-state index contributed by atoms with van der Waals surface area (Å²) < 4.78 is 0.750. The van der Waals surface area contributed by atoms with Crippen molar-refractivity contribution in [1.82, 2.24) is 10.2 Å². The number of hydrogen-bond acceptors (Lipinski definition) is 7. The Kier molecular flexibility index (Phi) is 7.03. The number of nitrogens with zero attached hydrogens (tertiary/aromatic N) is 4. The summed E-state index contributed by atoms with van der Waals surface area (Å²) in [5.41, 5.74) is 0.802. The number of thioether (sulfide) groups is 1. The number of carbonyl (C=O) groups is 1. The van der Waals surface area contributed by atoms with Crippen LogP contribution in [0.3, 0.4) is 0 Å². The van der Waals surface area contributed by atoms with E-state index in [4.69, 9.17) is 5.26 Å². The second kappa shape index (κ2) is 9.25. The molecule has 0 aliphatic heterocycles. The molecule has 8 heteroatoms. The molecule has 126 valence electrons. The van der Waals surface area contributed by atoms with E-state index >= 15 is 0 Å². The monoisotopic (exact) mass is 361 g/mol. The van der Waals surface area contributed by atoms with E-state index in [0.29, 0.717) is 13.0 Å². The van der Waals surface area contributed by atoms with E-state index in [2.05, 4.69) is 21.6 Å². The summed E-state index contributed by atoms with van der Waals surface area (Å²) in [5, 5.41) is 20.5. The molecule has 0 bridgehead atoms. The Hall–Kier alpha value is -2.11. The van der Waals surface area contributed by atoms with Crippen LogP contribution in [0, 0.1) is 11.3 Å². The first kappa shape index (κ1) is 18.2. The van der Waals surface area contributed by atoms with E-state index in [9.17, 15) is 4.79 Å². The molecule has 2 rings (SSSR count). The van der Waals surface area contributed by atoms with Crippen molar-refractivity contribution in [3.63, 3.8) is 0 Å². The van der Waals surface area contributed by atoms with Crippen LogP contribution < -0.4 is 10.2 Å². The van der Waals surface area contributed by atoms with Gasteiger partial charge in [-0.3, -0.25) is 4.79 Å². The van der Waals surface area contributed by atoms with Gasteiger partial charge in [0.05, 0.1) is 17.7 Å².